The van der Waals surface area contributed by atoms with E-state index in [1.54, 1.807) is 42.7 Å². The average Bonchev–Trinajstić information content (AvgIpc) is 3.35. The molecule has 1 aliphatic heterocycles. The number of piperidine rings is 1. The number of fused-ring (bicyclic) bond motifs is 2. The van der Waals surface area contributed by atoms with E-state index in [2.05, 4.69) is 10.1 Å². The molecule has 1 fully saturated rings. The van der Waals surface area contributed by atoms with Crippen LogP contribution >= 0.6 is 11.6 Å². The SMILES string of the molecule is Cc1ccc(S(=O)(=O)N2CCC3=Cc4c(cnn4-c4ccccc4)C[C@]3(C(=O)c3ccccn3)C2)cc1Cl. The van der Waals surface area contributed by atoms with E-state index in [0.29, 0.717) is 23.6 Å². The first-order valence-electron chi connectivity index (χ1n) is 12.4. The maximum Gasteiger partial charge on any atom is 0.243 e. The number of ketones is 1. The summed E-state index contributed by atoms with van der Waals surface area (Å²) in [5.41, 5.74) is 3.64. The van der Waals surface area contributed by atoms with E-state index < -0.39 is 15.4 Å². The minimum atomic E-state index is -3.89. The molecule has 0 amide bonds. The van der Waals surface area contributed by atoms with Crippen LogP contribution in [-0.4, -0.2) is 46.4 Å². The Morgan fingerprint density at radius 3 is 2.58 bits per heavy atom. The monoisotopic (exact) mass is 544 g/mol. The van der Waals surface area contributed by atoms with Gasteiger partial charge in [0.25, 0.3) is 0 Å². The van der Waals surface area contributed by atoms with Crippen LogP contribution < -0.4 is 0 Å². The second-order valence-corrected chi connectivity index (χ2v) is 12.1. The predicted molar refractivity (Wildman–Crippen MR) is 146 cm³/mol. The highest BCUT2D eigenvalue weighted by Gasteiger charge is 2.51. The molecule has 2 aromatic carbocycles. The van der Waals surface area contributed by atoms with Crippen LogP contribution in [-0.2, 0) is 16.4 Å². The van der Waals surface area contributed by atoms with E-state index >= 15 is 0 Å². The lowest BCUT2D eigenvalue weighted by atomic mass is 9.65. The van der Waals surface area contributed by atoms with Crippen molar-refractivity contribution in [1.29, 1.82) is 0 Å². The second-order valence-electron chi connectivity index (χ2n) is 9.77. The molecule has 2 aromatic heterocycles. The summed E-state index contributed by atoms with van der Waals surface area (Å²) in [5.74, 6) is -0.190. The maximum atomic E-state index is 14.2. The molecular formula is C29H25ClN4O3S. The van der Waals surface area contributed by atoms with E-state index in [0.717, 1.165) is 28.1 Å². The number of aryl methyl sites for hydroxylation is 1. The van der Waals surface area contributed by atoms with Crippen molar-refractivity contribution < 1.29 is 13.2 Å². The molecule has 7 nitrogen and oxygen atoms in total. The van der Waals surface area contributed by atoms with Crippen molar-refractivity contribution in [2.24, 2.45) is 5.41 Å². The molecule has 3 heterocycles. The number of hydrogen-bond donors (Lipinski definition) is 0. The Balaban J connectivity index is 1.45. The Kier molecular flexibility index (Phi) is 6.06. The van der Waals surface area contributed by atoms with Crippen LogP contribution in [0.15, 0.2) is 89.6 Å². The molecule has 0 bridgehead atoms. The zero-order chi connectivity index (χ0) is 26.5. The van der Waals surface area contributed by atoms with Gasteiger partial charge in [-0.15, -0.1) is 0 Å². The summed E-state index contributed by atoms with van der Waals surface area (Å²) in [5, 5.41) is 5.01. The van der Waals surface area contributed by atoms with E-state index in [1.807, 2.05) is 48.0 Å². The lowest BCUT2D eigenvalue weighted by Crippen LogP contribution is -2.53. The van der Waals surface area contributed by atoms with E-state index in [-0.39, 0.29) is 23.8 Å². The second kappa shape index (κ2) is 9.31. The largest absolute Gasteiger partial charge is 0.291 e. The third kappa shape index (κ3) is 4.00. The molecule has 0 radical (unpaired) electrons. The Hall–Kier alpha value is -3.59. The summed E-state index contributed by atoms with van der Waals surface area (Å²) in [4.78, 5) is 18.6. The molecule has 0 saturated carbocycles. The highest BCUT2D eigenvalue weighted by molar-refractivity contribution is 7.89. The third-order valence-electron chi connectivity index (χ3n) is 7.49. The number of nitrogens with zero attached hydrogens (tertiary/aromatic N) is 4. The lowest BCUT2D eigenvalue weighted by Gasteiger charge is -2.44. The van der Waals surface area contributed by atoms with Crippen molar-refractivity contribution in [1.82, 2.24) is 19.1 Å². The van der Waals surface area contributed by atoms with Crippen molar-refractivity contribution in [2.75, 3.05) is 13.1 Å². The van der Waals surface area contributed by atoms with Gasteiger partial charge in [0.1, 0.15) is 5.69 Å². The number of hydrogen-bond acceptors (Lipinski definition) is 5. The smallest absolute Gasteiger partial charge is 0.243 e. The van der Waals surface area contributed by atoms with Gasteiger partial charge in [0.15, 0.2) is 5.78 Å². The molecule has 9 heteroatoms. The van der Waals surface area contributed by atoms with Crippen molar-refractivity contribution in [2.45, 2.75) is 24.7 Å². The quantitative estimate of drug-likeness (QED) is 0.325. The van der Waals surface area contributed by atoms with Crippen LogP contribution in [0.2, 0.25) is 5.02 Å². The van der Waals surface area contributed by atoms with Gasteiger partial charge in [0, 0.05) is 24.3 Å². The van der Waals surface area contributed by atoms with Crippen molar-refractivity contribution in [3.05, 3.63) is 112 Å². The predicted octanol–water partition coefficient (Wildman–Crippen LogP) is 5.13. The summed E-state index contributed by atoms with van der Waals surface area (Å²) in [6.07, 6.45) is 6.12. The molecule has 2 aliphatic rings. The molecule has 1 saturated heterocycles. The fourth-order valence-electron chi connectivity index (χ4n) is 5.42. The Morgan fingerprint density at radius 2 is 1.84 bits per heavy atom. The molecule has 6 rings (SSSR count). The summed E-state index contributed by atoms with van der Waals surface area (Å²) < 4.78 is 30.8. The van der Waals surface area contributed by atoms with Crippen molar-refractivity contribution in [3.8, 4) is 5.69 Å². The van der Waals surface area contributed by atoms with Gasteiger partial charge >= 0.3 is 0 Å². The van der Waals surface area contributed by atoms with Gasteiger partial charge in [-0.3, -0.25) is 9.78 Å². The fraction of sp³-hybridized carbons (Fsp3) is 0.207. The number of para-hydroxylation sites is 1. The molecule has 0 unspecified atom stereocenters. The number of Topliss-reactive ketones (excluding diaryl/α,β-unsaturated/α-hetero) is 1. The first kappa shape index (κ1) is 24.7. The van der Waals surface area contributed by atoms with Crippen LogP contribution in [0.3, 0.4) is 0 Å². The number of halogens is 1. The van der Waals surface area contributed by atoms with Gasteiger partial charge in [0.2, 0.25) is 10.0 Å². The number of carbonyl (C=O) groups excluding carboxylic acids is 1. The van der Waals surface area contributed by atoms with E-state index in [4.69, 9.17) is 11.6 Å². The first-order chi connectivity index (χ1) is 18.3. The molecule has 192 valence electrons. The summed E-state index contributed by atoms with van der Waals surface area (Å²) in [6.45, 7) is 2.09. The van der Waals surface area contributed by atoms with E-state index in [9.17, 15) is 13.2 Å². The molecule has 1 aliphatic carbocycles. The summed E-state index contributed by atoms with van der Waals surface area (Å²) in [7, 11) is -3.89. The fourth-order valence-corrected chi connectivity index (χ4v) is 7.19. The van der Waals surface area contributed by atoms with Gasteiger partial charge in [-0.25, -0.2) is 13.1 Å². The highest BCUT2D eigenvalue weighted by atomic mass is 35.5. The van der Waals surface area contributed by atoms with Crippen LogP contribution in [0, 0.1) is 12.3 Å². The van der Waals surface area contributed by atoms with Crippen LogP contribution in [0.25, 0.3) is 11.8 Å². The molecule has 1 atom stereocenters. The minimum absolute atomic E-state index is 0.0119. The van der Waals surface area contributed by atoms with Gasteiger partial charge < -0.3 is 0 Å². The zero-order valence-corrected chi connectivity index (χ0v) is 22.3. The van der Waals surface area contributed by atoms with Gasteiger partial charge in [-0.2, -0.15) is 9.40 Å². The maximum absolute atomic E-state index is 14.2. The average molecular weight is 545 g/mol. The van der Waals surface area contributed by atoms with Crippen molar-refractivity contribution >= 4 is 33.5 Å². The lowest BCUT2D eigenvalue weighted by molar-refractivity contribution is 0.0770. The number of rotatable bonds is 5. The normalized spacial score (nSPS) is 19.4. The topological polar surface area (TPSA) is 85.2 Å². The number of sulfonamides is 1. The third-order valence-corrected chi connectivity index (χ3v) is 9.74. The standard InChI is InChI=1S/C29H25ClN4O3S/c1-20-10-11-24(16-25(20)30)38(36,37)33-14-12-22-15-27-21(18-32-34(27)23-7-3-2-4-8-23)17-29(22,19-33)28(35)26-9-5-6-13-31-26/h2-11,13,15-16,18H,12,14,17,19H2,1H3/t29-/m0/s1. The van der Waals surface area contributed by atoms with Crippen LogP contribution in [0.1, 0.15) is 33.7 Å². The number of benzene rings is 2. The van der Waals surface area contributed by atoms with Gasteiger partial charge in [0.05, 0.1) is 27.9 Å². The summed E-state index contributed by atoms with van der Waals surface area (Å²) >= 11 is 6.27. The molecular weight excluding hydrogens is 520 g/mol. The molecule has 0 spiro atoms. The Bertz CT molecular complexity index is 1680. The summed E-state index contributed by atoms with van der Waals surface area (Å²) in [6, 6.07) is 19.8. The highest BCUT2D eigenvalue weighted by Crippen LogP contribution is 2.47. The molecule has 38 heavy (non-hydrogen) atoms. The molecule has 4 aromatic rings. The van der Waals surface area contributed by atoms with E-state index in [1.165, 1.54) is 10.4 Å². The van der Waals surface area contributed by atoms with Crippen molar-refractivity contribution in [3.63, 3.8) is 0 Å². The molecule has 0 N–H and O–H groups in total. The van der Waals surface area contributed by atoms with Crippen LogP contribution in [0.4, 0.5) is 0 Å². The Labute approximate surface area is 226 Å². The number of carbonyl (C=O) groups is 1. The Morgan fingerprint density at radius 1 is 1.05 bits per heavy atom. The van der Waals surface area contributed by atoms with Crippen LogP contribution in [0.5, 0.6) is 0 Å². The van der Waals surface area contributed by atoms with Gasteiger partial charge in [-0.1, -0.05) is 47.5 Å². The first-order valence-corrected chi connectivity index (χ1v) is 14.2. The number of pyridine rings is 1. The minimum Gasteiger partial charge on any atom is -0.291 e. The van der Waals surface area contributed by atoms with Gasteiger partial charge in [-0.05, 0) is 73.4 Å². The number of aromatic nitrogens is 3. The zero-order valence-electron chi connectivity index (χ0n) is 20.7.